The molecule has 0 aromatic heterocycles. The van der Waals surface area contributed by atoms with Crippen LogP contribution in [0.1, 0.15) is 30.9 Å². The molecular formula is C10H12BrO. The van der Waals surface area contributed by atoms with E-state index in [9.17, 15) is 0 Å². The zero-order valence-electron chi connectivity index (χ0n) is 7.21. The third kappa shape index (κ3) is 2.32. The van der Waals surface area contributed by atoms with Crippen molar-refractivity contribution >= 4 is 15.9 Å². The minimum atomic E-state index is 0.487. The Kier molecular flexibility index (Phi) is 3.29. The van der Waals surface area contributed by atoms with Crippen molar-refractivity contribution in [3.05, 3.63) is 40.4 Å². The van der Waals surface area contributed by atoms with Gasteiger partial charge in [0.2, 0.25) is 0 Å². The van der Waals surface area contributed by atoms with Crippen LogP contribution in [0, 0.1) is 6.61 Å². The molecule has 0 aliphatic rings. The molecule has 1 rings (SSSR count). The quantitative estimate of drug-likeness (QED) is 0.821. The average molecular weight is 228 g/mol. The first-order valence-corrected chi connectivity index (χ1v) is 4.70. The summed E-state index contributed by atoms with van der Waals surface area (Å²) in [5.41, 5.74) is 2.07. The molecule has 1 aromatic carbocycles. The molecule has 0 fully saturated rings. The Labute approximate surface area is 81.6 Å². The van der Waals surface area contributed by atoms with Crippen molar-refractivity contribution < 1.29 is 5.11 Å². The van der Waals surface area contributed by atoms with Crippen molar-refractivity contribution in [2.24, 2.45) is 0 Å². The van der Waals surface area contributed by atoms with E-state index in [0.29, 0.717) is 5.92 Å². The van der Waals surface area contributed by atoms with Crippen molar-refractivity contribution in [1.29, 1.82) is 0 Å². The summed E-state index contributed by atoms with van der Waals surface area (Å²) in [5, 5.41) is 8.82. The van der Waals surface area contributed by atoms with Crippen LogP contribution in [0.2, 0.25) is 0 Å². The fourth-order valence-electron chi connectivity index (χ4n) is 1.04. The SMILES string of the molecule is CC(C)c1cc(Br)cc([CH]O)c1. The number of benzene rings is 1. The lowest BCUT2D eigenvalue weighted by Gasteiger charge is -2.07. The molecule has 65 valence electrons. The van der Waals surface area contributed by atoms with Gasteiger partial charge in [0, 0.05) is 4.47 Å². The van der Waals surface area contributed by atoms with Gasteiger partial charge in [0.1, 0.15) is 6.61 Å². The number of halogens is 1. The molecule has 0 atom stereocenters. The van der Waals surface area contributed by atoms with E-state index >= 15 is 0 Å². The monoisotopic (exact) mass is 227 g/mol. The van der Waals surface area contributed by atoms with Crippen LogP contribution in [0.4, 0.5) is 0 Å². The molecule has 0 unspecified atom stereocenters. The van der Waals surface area contributed by atoms with Crippen LogP contribution >= 0.6 is 15.9 Å². The highest BCUT2D eigenvalue weighted by atomic mass is 79.9. The van der Waals surface area contributed by atoms with Crippen LogP contribution in [0.3, 0.4) is 0 Å². The van der Waals surface area contributed by atoms with Crippen LogP contribution in [0.5, 0.6) is 0 Å². The molecule has 2 heteroatoms. The van der Waals surface area contributed by atoms with Gasteiger partial charge in [0.15, 0.2) is 0 Å². The van der Waals surface area contributed by atoms with Gasteiger partial charge in [0.05, 0.1) is 0 Å². The Balaban J connectivity index is 3.06. The summed E-state index contributed by atoms with van der Waals surface area (Å²) in [4.78, 5) is 0. The molecule has 1 radical (unpaired) electrons. The maximum absolute atomic E-state index is 8.82. The van der Waals surface area contributed by atoms with Gasteiger partial charge in [-0.3, -0.25) is 0 Å². The highest BCUT2D eigenvalue weighted by Crippen LogP contribution is 2.22. The van der Waals surface area contributed by atoms with E-state index in [1.165, 1.54) is 5.56 Å². The molecule has 12 heavy (non-hydrogen) atoms. The first kappa shape index (κ1) is 9.75. The molecule has 1 N–H and O–H groups in total. The van der Waals surface area contributed by atoms with Gasteiger partial charge in [-0.15, -0.1) is 0 Å². The normalized spacial score (nSPS) is 10.8. The molecule has 0 saturated heterocycles. The summed E-state index contributed by atoms with van der Waals surface area (Å²) in [7, 11) is 0. The lowest BCUT2D eigenvalue weighted by molar-refractivity contribution is 0.414. The fraction of sp³-hybridized carbons (Fsp3) is 0.300. The molecule has 0 aliphatic heterocycles. The third-order valence-electron chi connectivity index (χ3n) is 1.76. The predicted octanol–water partition coefficient (Wildman–Crippen LogP) is 3.45. The van der Waals surface area contributed by atoms with Crippen LogP contribution < -0.4 is 0 Å². The molecule has 0 aliphatic carbocycles. The molecule has 0 bridgehead atoms. The Morgan fingerprint density at radius 2 is 2.00 bits per heavy atom. The fourth-order valence-corrected chi connectivity index (χ4v) is 1.57. The van der Waals surface area contributed by atoms with Crippen molar-refractivity contribution in [2.75, 3.05) is 0 Å². The molecule has 0 spiro atoms. The van der Waals surface area contributed by atoms with Crippen LogP contribution in [-0.2, 0) is 0 Å². The average Bonchev–Trinajstić information content (AvgIpc) is 2.03. The molecular weight excluding hydrogens is 216 g/mol. The number of aliphatic hydroxyl groups excluding tert-OH is 1. The zero-order valence-corrected chi connectivity index (χ0v) is 8.80. The number of rotatable bonds is 2. The van der Waals surface area contributed by atoms with Crippen LogP contribution in [0.15, 0.2) is 22.7 Å². The van der Waals surface area contributed by atoms with Gasteiger partial charge in [-0.2, -0.15) is 0 Å². The molecule has 0 heterocycles. The second-order valence-corrected chi connectivity index (χ2v) is 4.02. The summed E-state index contributed by atoms with van der Waals surface area (Å²) in [6.45, 7) is 5.38. The number of hydrogen-bond acceptors (Lipinski definition) is 1. The molecule has 1 aromatic rings. The molecule has 0 saturated carbocycles. The Morgan fingerprint density at radius 1 is 1.33 bits per heavy atom. The van der Waals surface area contributed by atoms with E-state index in [1.54, 1.807) is 0 Å². The van der Waals surface area contributed by atoms with Crippen LogP contribution in [-0.4, -0.2) is 5.11 Å². The van der Waals surface area contributed by atoms with E-state index in [0.717, 1.165) is 16.6 Å². The number of hydrogen-bond donors (Lipinski definition) is 1. The topological polar surface area (TPSA) is 20.2 Å². The van der Waals surface area contributed by atoms with Gasteiger partial charge in [-0.05, 0) is 29.2 Å². The van der Waals surface area contributed by atoms with E-state index < -0.39 is 0 Å². The summed E-state index contributed by atoms with van der Waals surface area (Å²) in [6, 6.07) is 5.93. The van der Waals surface area contributed by atoms with Gasteiger partial charge in [0.25, 0.3) is 0 Å². The Hall–Kier alpha value is -0.340. The minimum Gasteiger partial charge on any atom is -0.385 e. The van der Waals surface area contributed by atoms with Gasteiger partial charge < -0.3 is 5.11 Å². The summed E-state index contributed by atoms with van der Waals surface area (Å²) in [6.07, 6.45) is 0. The zero-order chi connectivity index (χ0) is 9.14. The second-order valence-electron chi connectivity index (χ2n) is 3.10. The lowest BCUT2D eigenvalue weighted by Crippen LogP contribution is -1.90. The smallest absolute Gasteiger partial charge is 0.109 e. The summed E-state index contributed by atoms with van der Waals surface area (Å²) >= 11 is 3.39. The maximum atomic E-state index is 8.82. The van der Waals surface area contributed by atoms with Gasteiger partial charge >= 0.3 is 0 Å². The maximum Gasteiger partial charge on any atom is 0.109 e. The second kappa shape index (κ2) is 4.06. The highest BCUT2D eigenvalue weighted by Gasteiger charge is 2.02. The summed E-state index contributed by atoms with van der Waals surface area (Å²) in [5.74, 6) is 0.487. The predicted molar refractivity (Wildman–Crippen MR) is 53.6 cm³/mol. The Bertz CT molecular complexity index is 269. The van der Waals surface area contributed by atoms with Gasteiger partial charge in [-0.25, -0.2) is 0 Å². The van der Waals surface area contributed by atoms with E-state index in [-0.39, 0.29) is 0 Å². The van der Waals surface area contributed by atoms with Crippen molar-refractivity contribution in [3.8, 4) is 0 Å². The number of aliphatic hydroxyl groups is 1. The van der Waals surface area contributed by atoms with Crippen molar-refractivity contribution in [2.45, 2.75) is 19.8 Å². The first-order valence-electron chi connectivity index (χ1n) is 3.91. The van der Waals surface area contributed by atoms with E-state index in [2.05, 4.69) is 35.8 Å². The minimum absolute atomic E-state index is 0.487. The van der Waals surface area contributed by atoms with Crippen LogP contribution in [0.25, 0.3) is 0 Å². The van der Waals surface area contributed by atoms with Crippen molar-refractivity contribution in [3.63, 3.8) is 0 Å². The first-order chi connectivity index (χ1) is 5.63. The molecule has 0 amide bonds. The van der Waals surface area contributed by atoms with E-state index in [4.69, 9.17) is 5.11 Å². The largest absolute Gasteiger partial charge is 0.385 e. The van der Waals surface area contributed by atoms with Gasteiger partial charge in [-0.1, -0.05) is 35.8 Å². The highest BCUT2D eigenvalue weighted by molar-refractivity contribution is 9.10. The lowest BCUT2D eigenvalue weighted by atomic mass is 10.0. The third-order valence-corrected chi connectivity index (χ3v) is 2.22. The Morgan fingerprint density at radius 3 is 2.50 bits per heavy atom. The summed E-state index contributed by atoms with van der Waals surface area (Å²) < 4.78 is 1.01. The molecule has 1 nitrogen and oxygen atoms in total. The van der Waals surface area contributed by atoms with Crippen molar-refractivity contribution in [1.82, 2.24) is 0 Å². The standard InChI is InChI=1S/C10H12BrO/c1-7(2)9-3-8(6-12)4-10(11)5-9/h3-7,12H,1-2H3. The van der Waals surface area contributed by atoms with E-state index in [1.807, 2.05) is 12.1 Å².